The second-order valence-electron chi connectivity index (χ2n) is 4.78. The molecule has 1 aliphatic rings. The Morgan fingerprint density at radius 2 is 1.43 bits per heavy atom. The Balaban J connectivity index is 1.89. The average Bonchev–Trinajstić information content (AvgIpc) is 2.94. The lowest BCUT2D eigenvalue weighted by Gasteiger charge is -2.10. The summed E-state index contributed by atoms with van der Waals surface area (Å²) in [7, 11) is 0. The van der Waals surface area contributed by atoms with Crippen molar-refractivity contribution in [1.29, 1.82) is 0 Å². The third-order valence-corrected chi connectivity index (χ3v) is 3.34. The minimum absolute atomic E-state index is 0.169. The lowest BCUT2D eigenvalue weighted by molar-refractivity contribution is 0.402. The van der Waals surface area contributed by atoms with Crippen LogP contribution in [0.4, 0.5) is 0 Å². The molecule has 0 spiro atoms. The van der Waals surface area contributed by atoms with Crippen molar-refractivity contribution in [3.63, 3.8) is 0 Å². The Kier molecular flexibility index (Phi) is 3.08. The van der Waals surface area contributed by atoms with Gasteiger partial charge in [0.25, 0.3) is 0 Å². The van der Waals surface area contributed by atoms with Gasteiger partial charge < -0.3 is 25.9 Å². The Bertz CT molecular complexity index is 728. The molecule has 108 valence electrons. The van der Waals surface area contributed by atoms with Crippen LogP contribution in [0.1, 0.15) is 17.2 Å². The summed E-state index contributed by atoms with van der Waals surface area (Å²) in [5, 5.41) is 37.7. The molecular formula is C15H14N2O4. The molecule has 6 nitrogen and oxygen atoms in total. The molecule has 1 atom stereocenters. The van der Waals surface area contributed by atoms with Crippen LogP contribution < -0.4 is 10.9 Å². The van der Waals surface area contributed by atoms with Crippen LogP contribution in [0, 0.1) is 0 Å². The van der Waals surface area contributed by atoms with Crippen LogP contribution >= 0.6 is 0 Å². The number of benzene rings is 2. The van der Waals surface area contributed by atoms with E-state index in [1.165, 1.54) is 24.3 Å². The molecule has 6 N–H and O–H groups in total. The summed E-state index contributed by atoms with van der Waals surface area (Å²) in [5.41, 5.74) is 8.22. The fourth-order valence-electron chi connectivity index (χ4n) is 2.18. The molecule has 1 unspecified atom stereocenters. The molecule has 0 fully saturated rings. The second kappa shape index (κ2) is 4.92. The molecule has 2 aromatic rings. The van der Waals surface area contributed by atoms with Crippen molar-refractivity contribution in [1.82, 2.24) is 10.9 Å². The first-order valence-corrected chi connectivity index (χ1v) is 6.32. The Hall–Kier alpha value is -2.86. The van der Waals surface area contributed by atoms with Crippen LogP contribution in [0.15, 0.2) is 42.5 Å². The summed E-state index contributed by atoms with van der Waals surface area (Å²) in [6.07, 6.45) is 1.87. The highest BCUT2D eigenvalue weighted by Gasteiger charge is 2.19. The topological polar surface area (TPSA) is 105 Å². The van der Waals surface area contributed by atoms with E-state index >= 15 is 0 Å². The van der Waals surface area contributed by atoms with E-state index in [4.69, 9.17) is 0 Å². The monoisotopic (exact) mass is 286 g/mol. The first kappa shape index (κ1) is 13.1. The molecule has 1 heterocycles. The molecular weight excluding hydrogens is 272 g/mol. The highest BCUT2D eigenvalue weighted by atomic mass is 16.3. The minimum atomic E-state index is -0.194. The second-order valence-corrected chi connectivity index (χ2v) is 4.78. The zero-order valence-electron chi connectivity index (χ0n) is 10.9. The molecule has 0 saturated carbocycles. The van der Waals surface area contributed by atoms with Gasteiger partial charge in [-0.2, -0.15) is 0 Å². The van der Waals surface area contributed by atoms with Crippen molar-refractivity contribution in [3.8, 4) is 23.0 Å². The van der Waals surface area contributed by atoms with Gasteiger partial charge in [0.2, 0.25) is 0 Å². The largest absolute Gasteiger partial charge is 0.504 e. The molecule has 6 heteroatoms. The van der Waals surface area contributed by atoms with Crippen molar-refractivity contribution in [2.24, 2.45) is 0 Å². The quantitative estimate of drug-likeness (QED) is 0.469. The summed E-state index contributed by atoms with van der Waals surface area (Å²) in [6, 6.07) is 8.93. The fraction of sp³-hybridized carbons (Fsp3) is 0.0667. The average molecular weight is 286 g/mol. The number of hydrogen-bond donors (Lipinski definition) is 6. The smallest absolute Gasteiger partial charge is 0.158 e. The highest BCUT2D eigenvalue weighted by molar-refractivity contribution is 5.68. The number of hydrazine groups is 1. The highest BCUT2D eigenvalue weighted by Crippen LogP contribution is 2.32. The van der Waals surface area contributed by atoms with Gasteiger partial charge in [-0.25, -0.2) is 5.43 Å². The summed E-state index contributed by atoms with van der Waals surface area (Å²) in [6.45, 7) is 0. The number of hydrogen-bond acceptors (Lipinski definition) is 6. The van der Waals surface area contributed by atoms with Crippen molar-refractivity contribution in [2.75, 3.05) is 0 Å². The van der Waals surface area contributed by atoms with E-state index in [0.717, 1.165) is 11.3 Å². The molecule has 0 aromatic heterocycles. The van der Waals surface area contributed by atoms with E-state index in [1.54, 1.807) is 12.1 Å². The fourth-order valence-corrected chi connectivity index (χ4v) is 2.18. The van der Waals surface area contributed by atoms with Crippen molar-refractivity contribution in [2.45, 2.75) is 6.04 Å². The van der Waals surface area contributed by atoms with E-state index in [2.05, 4.69) is 10.9 Å². The first-order valence-electron chi connectivity index (χ1n) is 6.32. The minimum Gasteiger partial charge on any atom is -0.504 e. The summed E-state index contributed by atoms with van der Waals surface area (Å²) in [5.74, 6) is -0.720. The van der Waals surface area contributed by atoms with Crippen molar-refractivity contribution in [3.05, 3.63) is 53.6 Å². The van der Waals surface area contributed by atoms with E-state index in [1.807, 2.05) is 6.08 Å². The molecule has 0 bridgehead atoms. The zero-order valence-corrected chi connectivity index (χ0v) is 10.9. The predicted molar refractivity (Wildman–Crippen MR) is 76.5 cm³/mol. The first-order chi connectivity index (χ1) is 10.0. The number of phenolic OH excluding ortho intramolecular Hbond substituents is 4. The standard InChI is InChI=1S/C15H14N2O4/c18-12-3-1-8(5-14(12)20)10-7-11(17-16-10)9-2-4-13(19)15(21)6-9/h1-7,10,16-21H. The van der Waals surface area contributed by atoms with Gasteiger partial charge in [-0.1, -0.05) is 6.07 Å². The van der Waals surface area contributed by atoms with Gasteiger partial charge in [0, 0.05) is 5.56 Å². The van der Waals surface area contributed by atoms with E-state index in [9.17, 15) is 20.4 Å². The van der Waals surface area contributed by atoms with E-state index in [-0.39, 0.29) is 29.0 Å². The van der Waals surface area contributed by atoms with Gasteiger partial charge in [-0.3, -0.25) is 0 Å². The zero-order chi connectivity index (χ0) is 15.0. The maximum atomic E-state index is 9.53. The van der Waals surface area contributed by atoms with Crippen LogP contribution in [0.5, 0.6) is 23.0 Å². The molecule has 3 rings (SSSR count). The molecule has 0 aliphatic carbocycles. The van der Waals surface area contributed by atoms with Crippen molar-refractivity contribution < 1.29 is 20.4 Å². The number of phenols is 4. The van der Waals surface area contributed by atoms with Crippen LogP contribution in [0.3, 0.4) is 0 Å². The molecule has 2 aromatic carbocycles. The number of nitrogens with one attached hydrogen (secondary N) is 2. The maximum absolute atomic E-state index is 9.53. The van der Waals surface area contributed by atoms with Crippen LogP contribution in [-0.2, 0) is 0 Å². The Morgan fingerprint density at radius 1 is 0.762 bits per heavy atom. The van der Waals surface area contributed by atoms with Gasteiger partial charge in [0.1, 0.15) is 0 Å². The van der Waals surface area contributed by atoms with Gasteiger partial charge in [0.05, 0.1) is 11.7 Å². The Morgan fingerprint density at radius 3 is 2.10 bits per heavy atom. The van der Waals surface area contributed by atoms with Gasteiger partial charge in [-0.15, -0.1) is 0 Å². The molecule has 0 amide bonds. The normalized spacial score (nSPS) is 17.3. The molecule has 21 heavy (non-hydrogen) atoms. The molecule has 0 saturated heterocycles. The maximum Gasteiger partial charge on any atom is 0.158 e. The predicted octanol–water partition coefficient (Wildman–Crippen LogP) is 1.70. The van der Waals surface area contributed by atoms with Crippen LogP contribution in [-0.4, -0.2) is 20.4 Å². The third-order valence-electron chi connectivity index (χ3n) is 3.34. The lowest BCUT2D eigenvalue weighted by Crippen LogP contribution is -2.26. The van der Waals surface area contributed by atoms with Gasteiger partial charge in [-0.05, 0) is 42.0 Å². The summed E-state index contributed by atoms with van der Waals surface area (Å²) in [4.78, 5) is 0. The third kappa shape index (κ3) is 2.44. The lowest BCUT2D eigenvalue weighted by atomic mass is 10.0. The summed E-state index contributed by atoms with van der Waals surface area (Å²) >= 11 is 0. The van der Waals surface area contributed by atoms with Gasteiger partial charge in [0.15, 0.2) is 23.0 Å². The summed E-state index contributed by atoms with van der Waals surface area (Å²) < 4.78 is 0. The molecule has 0 radical (unpaired) electrons. The molecule has 1 aliphatic heterocycles. The Labute approximate surface area is 120 Å². The number of rotatable bonds is 2. The van der Waals surface area contributed by atoms with Crippen LogP contribution in [0.2, 0.25) is 0 Å². The van der Waals surface area contributed by atoms with Gasteiger partial charge >= 0.3 is 0 Å². The number of aromatic hydroxyl groups is 4. The van der Waals surface area contributed by atoms with Crippen LogP contribution in [0.25, 0.3) is 5.70 Å². The SMILES string of the molecule is Oc1ccc(C2=CC(c3ccc(O)c(O)c3)NN2)cc1O. The van der Waals surface area contributed by atoms with E-state index < -0.39 is 0 Å². The van der Waals surface area contributed by atoms with Crippen molar-refractivity contribution >= 4 is 5.70 Å². The van der Waals surface area contributed by atoms with E-state index in [0.29, 0.717) is 5.56 Å².